The number of carbonyl (C=O) groups excluding carboxylic acids is 3. The van der Waals surface area contributed by atoms with Crippen LogP contribution in [-0.4, -0.2) is 86.0 Å². The van der Waals surface area contributed by atoms with Crippen molar-refractivity contribution >= 4 is 18.0 Å². The van der Waals surface area contributed by atoms with Gasteiger partial charge in [-0.25, -0.2) is 14.0 Å². The summed E-state index contributed by atoms with van der Waals surface area (Å²) in [6, 6.07) is -0.501. The van der Waals surface area contributed by atoms with Crippen LogP contribution in [0, 0.1) is 17.8 Å². The number of amides is 1. The lowest BCUT2D eigenvalue weighted by atomic mass is 9.70. The highest BCUT2D eigenvalue weighted by molar-refractivity contribution is 5.81. The van der Waals surface area contributed by atoms with Crippen LogP contribution in [0.4, 0.5) is 9.18 Å². The molecular formula is C22H35FN2O6. The van der Waals surface area contributed by atoms with Crippen molar-refractivity contribution in [2.24, 2.45) is 17.8 Å². The summed E-state index contributed by atoms with van der Waals surface area (Å²) in [5.74, 6) is -0.659. The highest BCUT2D eigenvalue weighted by Crippen LogP contribution is 2.41. The molecule has 0 spiro atoms. The lowest BCUT2D eigenvalue weighted by Crippen LogP contribution is -2.57. The van der Waals surface area contributed by atoms with E-state index in [1.165, 1.54) is 12.0 Å². The molecular weight excluding hydrogens is 407 g/mol. The SMILES string of the molecule is CCOC(=O)C1CC2CC(N3C[C@H](F)C[C@@H](C(=O)OCC)C3)CCC2CN1C(=O)OC. The van der Waals surface area contributed by atoms with Crippen molar-refractivity contribution in [3.63, 3.8) is 0 Å². The Morgan fingerprint density at radius 3 is 2.29 bits per heavy atom. The molecule has 1 aliphatic carbocycles. The fraction of sp³-hybridized carbons (Fsp3) is 0.864. The lowest BCUT2D eigenvalue weighted by molar-refractivity contribution is -0.154. The standard InChI is InChI=1S/C22H35FN2O6/c1-4-30-20(26)16-8-17(23)13-24(11-16)18-7-6-14-12-25(22(28)29-3)19(10-15(14)9-18)21(27)31-5-2/h14-19H,4-13H2,1-3H3/t14?,15?,16-,17-,18?,19?/m1/s1. The van der Waals surface area contributed by atoms with Gasteiger partial charge in [0.15, 0.2) is 0 Å². The summed E-state index contributed by atoms with van der Waals surface area (Å²) in [7, 11) is 1.32. The Morgan fingerprint density at radius 1 is 0.903 bits per heavy atom. The van der Waals surface area contributed by atoms with Gasteiger partial charge in [-0.15, -0.1) is 0 Å². The van der Waals surface area contributed by atoms with E-state index in [1.54, 1.807) is 13.8 Å². The van der Waals surface area contributed by atoms with Crippen molar-refractivity contribution in [3.8, 4) is 0 Å². The average molecular weight is 443 g/mol. The summed E-state index contributed by atoms with van der Waals surface area (Å²) in [6.07, 6.45) is 1.76. The first kappa shape index (κ1) is 23.8. The molecule has 2 aliphatic heterocycles. The van der Waals surface area contributed by atoms with Crippen molar-refractivity contribution < 1.29 is 33.0 Å². The fourth-order valence-corrected chi connectivity index (χ4v) is 5.54. The molecule has 0 aromatic rings. The van der Waals surface area contributed by atoms with Crippen molar-refractivity contribution in [1.29, 1.82) is 0 Å². The van der Waals surface area contributed by atoms with Gasteiger partial charge in [-0.1, -0.05) is 0 Å². The highest BCUT2D eigenvalue weighted by atomic mass is 19.1. The number of carbonyl (C=O) groups is 3. The number of ether oxygens (including phenoxy) is 3. The summed E-state index contributed by atoms with van der Waals surface area (Å²) in [5, 5.41) is 0. The zero-order valence-electron chi connectivity index (χ0n) is 18.8. The second-order valence-electron chi connectivity index (χ2n) is 8.85. The first-order chi connectivity index (χ1) is 14.9. The molecule has 4 unspecified atom stereocenters. The van der Waals surface area contributed by atoms with Gasteiger partial charge in [0.2, 0.25) is 0 Å². The van der Waals surface area contributed by atoms with E-state index < -0.39 is 30.2 Å². The summed E-state index contributed by atoms with van der Waals surface area (Å²) in [4.78, 5) is 40.6. The zero-order chi connectivity index (χ0) is 22.5. The van der Waals surface area contributed by atoms with Crippen LogP contribution in [0.5, 0.6) is 0 Å². The molecule has 0 bridgehead atoms. The molecule has 3 fully saturated rings. The Hall–Kier alpha value is -1.90. The van der Waals surface area contributed by atoms with Crippen LogP contribution >= 0.6 is 0 Å². The van der Waals surface area contributed by atoms with Gasteiger partial charge in [-0.3, -0.25) is 14.6 Å². The van der Waals surface area contributed by atoms with E-state index in [0.717, 1.165) is 19.3 Å². The van der Waals surface area contributed by atoms with E-state index in [4.69, 9.17) is 14.2 Å². The minimum atomic E-state index is -1.05. The van der Waals surface area contributed by atoms with Crippen LogP contribution in [0.2, 0.25) is 0 Å². The van der Waals surface area contributed by atoms with Gasteiger partial charge in [-0.2, -0.15) is 0 Å². The van der Waals surface area contributed by atoms with E-state index in [1.807, 2.05) is 0 Å². The van der Waals surface area contributed by atoms with Gasteiger partial charge < -0.3 is 14.2 Å². The Bertz CT molecular complexity index is 662. The number of hydrogen-bond acceptors (Lipinski definition) is 7. The summed E-state index contributed by atoms with van der Waals surface area (Å²) < 4.78 is 29.7. The minimum Gasteiger partial charge on any atom is -0.466 e. The monoisotopic (exact) mass is 442 g/mol. The number of halogens is 1. The summed E-state index contributed by atoms with van der Waals surface area (Å²) in [5.41, 5.74) is 0. The smallest absolute Gasteiger partial charge is 0.410 e. The Kier molecular flexibility index (Phi) is 8.13. The molecule has 1 amide bonds. The molecule has 31 heavy (non-hydrogen) atoms. The number of alkyl halides is 1. The fourth-order valence-electron chi connectivity index (χ4n) is 5.54. The second kappa shape index (κ2) is 10.6. The maximum absolute atomic E-state index is 14.4. The molecule has 0 radical (unpaired) electrons. The number of likely N-dealkylation sites (tertiary alicyclic amines) is 2. The lowest BCUT2D eigenvalue weighted by Gasteiger charge is -2.49. The zero-order valence-corrected chi connectivity index (χ0v) is 18.8. The van der Waals surface area contributed by atoms with Crippen LogP contribution in [-0.2, 0) is 23.8 Å². The van der Waals surface area contributed by atoms with Crippen LogP contribution in [0.15, 0.2) is 0 Å². The van der Waals surface area contributed by atoms with E-state index in [2.05, 4.69) is 4.90 Å². The van der Waals surface area contributed by atoms with Crippen molar-refractivity contribution in [3.05, 3.63) is 0 Å². The van der Waals surface area contributed by atoms with Gasteiger partial charge in [-0.05, 0) is 57.8 Å². The number of piperidine rings is 2. The predicted octanol–water partition coefficient (Wildman–Crippen LogP) is 2.40. The largest absolute Gasteiger partial charge is 0.466 e. The van der Waals surface area contributed by atoms with E-state index >= 15 is 0 Å². The Morgan fingerprint density at radius 2 is 1.61 bits per heavy atom. The normalized spacial score (nSPS) is 33.9. The third-order valence-corrected chi connectivity index (χ3v) is 6.98. The molecule has 6 atom stereocenters. The van der Waals surface area contributed by atoms with Crippen LogP contribution < -0.4 is 0 Å². The number of fused-ring (bicyclic) bond motifs is 1. The molecule has 8 nitrogen and oxygen atoms in total. The topological polar surface area (TPSA) is 85.4 Å². The van der Waals surface area contributed by atoms with Gasteiger partial charge in [0.1, 0.15) is 12.2 Å². The number of nitrogens with zero attached hydrogens (tertiary/aromatic N) is 2. The molecule has 3 rings (SSSR count). The molecule has 176 valence electrons. The van der Waals surface area contributed by atoms with Gasteiger partial charge in [0, 0.05) is 25.7 Å². The Labute approximate surface area is 183 Å². The molecule has 0 N–H and O–H groups in total. The average Bonchev–Trinajstić information content (AvgIpc) is 2.77. The molecule has 0 aromatic carbocycles. The number of esters is 2. The quantitative estimate of drug-likeness (QED) is 0.477. The maximum Gasteiger partial charge on any atom is 0.410 e. The Balaban J connectivity index is 1.68. The van der Waals surface area contributed by atoms with Crippen molar-refractivity contribution in [2.75, 3.05) is 40.0 Å². The van der Waals surface area contributed by atoms with E-state index in [-0.39, 0.29) is 36.9 Å². The molecule has 2 heterocycles. The molecule has 9 heteroatoms. The highest BCUT2D eigenvalue weighted by Gasteiger charge is 2.46. The van der Waals surface area contributed by atoms with Crippen molar-refractivity contribution in [1.82, 2.24) is 9.80 Å². The van der Waals surface area contributed by atoms with Gasteiger partial charge in [0.25, 0.3) is 0 Å². The third kappa shape index (κ3) is 5.48. The van der Waals surface area contributed by atoms with Crippen LogP contribution in [0.25, 0.3) is 0 Å². The van der Waals surface area contributed by atoms with Gasteiger partial charge in [0.05, 0.1) is 26.2 Å². The first-order valence-corrected chi connectivity index (χ1v) is 11.4. The van der Waals surface area contributed by atoms with Crippen LogP contribution in [0.3, 0.4) is 0 Å². The maximum atomic E-state index is 14.4. The molecule has 3 aliphatic rings. The minimum absolute atomic E-state index is 0.157. The van der Waals surface area contributed by atoms with Crippen LogP contribution in [0.1, 0.15) is 46.0 Å². The number of rotatable bonds is 5. The summed E-state index contributed by atoms with van der Waals surface area (Å²) >= 11 is 0. The number of methoxy groups -OCH3 is 1. The first-order valence-electron chi connectivity index (χ1n) is 11.4. The second-order valence-corrected chi connectivity index (χ2v) is 8.85. The third-order valence-electron chi connectivity index (χ3n) is 6.98. The van der Waals surface area contributed by atoms with E-state index in [0.29, 0.717) is 32.7 Å². The van der Waals surface area contributed by atoms with Crippen molar-refractivity contribution in [2.45, 2.75) is 64.2 Å². The molecule has 1 saturated carbocycles. The molecule has 2 saturated heterocycles. The molecule has 0 aromatic heterocycles. The summed E-state index contributed by atoms with van der Waals surface area (Å²) in [6.45, 7) is 5.35. The van der Waals surface area contributed by atoms with E-state index in [9.17, 15) is 18.8 Å². The predicted molar refractivity (Wildman–Crippen MR) is 110 cm³/mol. The van der Waals surface area contributed by atoms with Gasteiger partial charge >= 0.3 is 18.0 Å². The number of hydrogen-bond donors (Lipinski definition) is 0.